The molecule has 72 valence electrons. The molecule has 14 heavy (non-hydrogen) atoms. The number of nitrogens with one attached hydrogen (secondary N) is 1. The van der Waals surface area contributed by atoms with Crippen molar-refractivity contribution in [2.45, 2.75) is 0 Å². The lowest BCUT2D eigenvalue weighted by atomic mass is 10.2. The standard InChI is InChI=1S/C11H12N2O/c1-3-7-13-11-9(8-12)5-4-6-10(11)14-2/h3-6,13H,1,7H2,2H3. The minimum absolute atomic E-state index is 0.575. The molecule has 0 aliphatic rings. The van der Waals surface area contributed by atoms with Crippen LogP contribution in [0.3, 0.4) is 0 Å². The van der Waals surface area contributed by atoms with Crippen molar-refractivity contribution in [1.82, 2.24) is 0 Å². The van der Waals surface area contributed by atoms with E-state index >= 15 is 0 Å². The highest BCUT2D eigenvalue weighted by Crippen LogP contribution is 2.27. The quantitative estimate of drug-likeness (QED) is 0.736. The second-order valence-corrected chi connectivity index (χ2v) is 2.66. The van der Waals surface area contributed by atoms with Crippen molar-refractivity contribution in [1.29, 1.82) is 5.26 Å². The van der Waals surface area contributed by atoms with E-state index in [1.807, 2.05) is 6.07 Å². The van der Waals surface area contributed by atoms with Crippen molar-refractivity contribution in [2.24, 2.45) is 0 Å². The van der Waals surface area contributed by atoms with Gasteiger partial charge in [-0.25, -0.2) is 0 Å². The van der Waals surface area contributed by atoms with Gasteiger partial charge in [0.05, 0.1) is 18.4 Å². The lowest BCUT2D eigenvalue weighted by Crippen LogP contribution is -2.02. The molecule has 0 fully saturated rings. The Morgan fingerprint density at radius 3 is 3.00 bits per heavy atom. The van der Waals surface area contributed by atoms with Crippen LogP contribution in [-0.4, -0.2) is 13.7 Å². The van der Waals surface area contributed by atoms with Crippen LogP contribution in [0.4, 0.5) is 5.69 Å². The Balaban J connectivity index is 3.07. The third-order valence-electron chi connectivity index (χ3n) is 1.79. The molecule has 0 radical (unpaired) electrons. The van der Waals surface area contributed by atoms with Gasteiger partial charge in [-0.2, -0.15) is 5.26 Å². The van der Waals surface area contributed by atoms with Gasteiger partial charge < -0.3 is 10.1 Å². The van der Waals surface area contributed by atoms with Crippen molar-refractivity contribution in [3.63, 3.8) is 0 Å². The van der Waals surface area contributed by atoms with Gasteiger partial charge in [0.15, 0.2) is 0 Å². The summed E-state index contributed by atoms with van der Waals surface area (Å²) in [7, 11) is 1.58. The molecule has 0 aliphatic heterocycles. The highest BCUT2D eigenvalue weighted by molar-refractivity contribution is 5.66. The number of methoxy groups -OCH3 is 1. The molecule has 0 bridgehead atoms. The van der Waals surface area contributed by atoms with Crippen molar-refractivity contribution in [3.05, 3.63) is 36.4 Å². The summed E-state index contributed by atoms with van der Waals surface area (Å²) in [5, 5.41) is 11.9. The molecule has 0 aromatic heterocycles. The molecule has 1 rings (SSSR count). The summed E-state index contributed by atoms with van der Waals surface area (Å²) < 4.78 is 5.14. The number of hydrogen-bond donors (Lipinski definition) is 1. The molecule has 3 nitrogen and oxygen atoms in total. The Labute approximate surface area is 83.6 Å². The average Bonchev–Trinajstić information content (AvgIpc) is 2.25. The smallest absolute Gasteiger partial charge is 0.143 e. The molecule has 1 N–H and O–H groups in total. The van der Waals surface area contributed by atoms with Gasteiger partial charge in [0.1, 0.15) is 11.8 Å². The number of rotatable bonds is 4. The highest BCUT2D eigenvalue weighted by atomic mass is 16.5. The Hall–Kier alpha value is -1.95. The highest BCUT2D eigenvalue weighted by Gasteiger charge is 2.06. The molecule has 1 aromatic carbocycles. The molecule has 0 heterocycles. The van der Waals surface area contributed by atoms with Gasteiger partial charge in [-0.05, 0) is 12.1 Å². The Morgan fingerprint density at radius 2 is 2.43 bits per heavy atom. The number of para-hydroxylation sites is 1. The average molecular weight is 188 g/mol. The summed E-state index contributed by atoms with van der Waals surface area (Å²) in [5.74, 6) is 0.672. The molecule has 0 aliphatic carbocycles. The minimum Gasteiger partial charge on any atom is -0.495 e. The predicted octanol–water partition coefficient (Wildman–Crippen LogP) is 2.16. The van der Waals surface area contributed by atoms with Gasteiger partial charge in [0.25, 0.3) is 0 Å². The van der Waals surface area contributed by atoms with Gasteiger partial charge in [0, 0.05) is 6.54 Å². The van der Waals surface area contributed by atoms with Crippen LogP contribution in [0.25, 0.3) is 0 Å². The van der Waals surface area contributed by atoms with E-state index in [0.29, 0.717) is 17.9 Å². The first-order chi connectivity index (χ1) is 6.83. The summed E-state index contributed by atoms with van der Waals surface area (Å²) in [5.41, 5.74) is 1.30. The molecule has 0 unspecified atom stereocenters. The van der Waals surface area contributed by atoms with Gasteiger partial charge >= 0.3 is 0 Å². The second kappa shape index (κ2) is 4.93. The van der Waals surface area contributed by atoms with Crippen LogP contribution in [0, 0.1) is 11.3 Å². The molecule has 0 atom stereocenters. The number of nitrogens with zero attached hydrogens (tertiary/aromatic N) is 1. The summed E-state index contributed by atoms with van der Waals surface area (Å²) in [6.45, 7) is 4.21. The fraction of sp³-hybridized carbons (Fsp3) is 0.182. The van der Waals surface area contributed by atoms with E-state index in [0.717, 1.165) is 5.69 Å². The van der Waals surface area contributed by atoms with Crippen LogP contribution in [0.1, 0.15) is 5.56 Å². The second-order valence-electron chi connectivity index (χ2n) is 2.66. The predicted molar refractivity (Wildman–Crippen MR) is 56.4 cm³/mol. The van der Waals surface area contributed by atoms with Crippen LogP contribution < -0.4 is 10.1 Å². The van der Waals surface area contributed by atoms with Gasteiger partial charge in [-0.3, -0.25) is 0 Å². The maximum atomic E-state index is 8.87. The first kappa shape index (κ1) is 10.1. The number of ether oxygens (including phenoxy) is 1. The number of nitriles is 1. The molecule has 0 saturated heterocycles. The molecule has 0 saturated carbocycles. The third kappa shape index (κ3) is 2.05. The normalized spacial score (nSPS) is 8.86. The van der Waals surface area contributed by atoms with E-state index < -0.39 is 0 Å². The monoisotopic (exact) mass is 188 g/mol. The Bertz CT molecular complexity index is 366. The van der Waals surface area contributed by atoms with E-state index in [1.54, 1.807) is 25.3 Å². The zero-order valence-electron chi connectivity index (χ0n) is 8.08. The third-order valence-corrected chi connectivity index (χ3v) is 1.79. The van der Waals surface area contributed by atoms with Crippen LogP contribution in [0.15, 0.2) is 30.9 Å². The fourth-order valence-corrected chi connectivity index (χ4v) is 1.15. The molecular formula is C11H12N2O. The molecular weight excluding hydrogens is 176 g/mol. The van der Waals surface area contributed by atoms with Crippen LogP contribution >= 0.6 is 0 Å². The van der Waals surface area contributed by atoms with Gasteiger partial charge in [-0.1, -0.05) is 12.1 Å². The van der Waals surface area contributed by atoms with E-state index in [2.05, 4.69) is 18.0 Å². The zero-order chi connectivity index (χ0) is 10.4. The number of hydrogen-bond acceptors (Lipinski definition) is 3. The van der Waals surface area contributed by atoms with Crippen LogP contribution in [0.2, 0.25) is 0 Å². The van der Waals surface area contributed by atoms with Gasteiger partial charge in [-0.15, -0.1) is 6.58 Å². The summed E-state index contributed by atoms with van der Waals surface area (Å²) in [4.78, 5) is 0. The first-order valence-corrected chi connectivity index (χ1v) is 4.25. The van der Waals surface area contributed by atoms with Crippen molar-refractivity contribution in [3.8, 4) is 11.8 Å². The summed E-state index contributed by atoms with van der Waals surface area (Å²) in [6.07, 6.45) is 1.73. The van der Waals surface area contributed by atoms with Crippen molar-refractivity contribution >= 4 is 5.69 Å². The van der Waals surface area contributed by atoms with Crippen LogP contribution in [0.5, 0.6) is 5.75 Å². The largest absolute Gasteiger partial charge is 0.495 e. The first-order valence-electron chi connectivity index (χ1n) is 4.25. The molecule has 0 spiro atoms. The lowest BCUT2D eigenvalue weighted by Gasteiger charge is -2.10. The van der Waals surface area contributed by atoms with E-state index in [4.69, 9.17) is 10.00 Å². The topological polar surface area (TPSA) is 45.0 Å². The SMILES string of the molecule is C=CCNc1c(C#N)cccc1OC. The lowest BCUT2D eigenvalue weighted by molar-refractivity contribution is 0.416. The Morgan fingerprint density at radius 1 is 1.64 bits per heavy atom. The zero-order valence-corrected chi connectivity index (χ0v) is 8.08. The van der Waals surface area contributed by atoms with E-state index in [9.17, 15) is 0 Å². The fourth-order valence-electron chi connectivity index (χ4n) is 1.15. The molecule has 0 amide bonds. The maximum absolute atomic E-state index is 8.87. The van der Waals surface area contributed by atoms with E-state index in [1.165, 1.54) is 0 Å². The molecule has 1 aromatic rings. The minimum atomic E-state index is 0.575. The van der Waals surface area contributed by atoms with Crippen molar-refractivity contribution < 1.29 is 4.74 Å². The number of benzene rings is 1. The van der Waals surface area contributed by atoms with Gasteiger partial charge in [0.2, 0.25) is 0 Å². The van der Waals surface area contributed by atoms with Crippen molar-refractivity contribution in [2.75, 3.05) is 19.0 Å². The Kier molecular flexibility index (Phi) is 3.57. The maximum Gasteiger partial charge on any atom is 0.143 e. The summed E-state index contributed by atoms with van der Waals surface area (Å²) in [6, 6.07) is 7.45. The number of anilines is 1. The van der Waals surface area contributed by atoms with Crippen LogP contribution in [-0.2, 0) is 0 Å². The summed E-state index contributed by atoms with van der Waals surface area (Å²) >= 11 is 0. The van der Waals surface area contributed by atoms with E-state index in [-0.39, 0.29) is 0 Å². The molecule has 3 heteroatoms.